The maximum Gasteiger partial charge on any atom is 0.255 e. The number of hydrogen-bond donors (Lipinski definition) is 1. The molecule has 0 radical (unpaired) electrons. The van der Waals surface area contributed by atoms with Crippen molar-refractivity contribution in [3.63, 3.8) is 0 Å². The maximum atomic E-state index is 12.8. The molecule has 0 fully saturated rings. The number of nitrogens with one attached hydrogen (secondary N) is 1. The summed E-state index contributed by atoms with van der Waals surface area (Å²) in [5.41, 5.74) is 3.13. The predicted molar refractivity (Wildman–Crippen MR) is 106 cm³/mol. The highest BCUT2D eigenvalue weighted by Crippen LogP contribution is 2.21. The van der Waals surface area contributed by atoms with Crippen molar-refractivity contribution < 1.29 is 4.79 Å². The molecule has 5 nitrogen and oxygen atoms in total. The van der Waals surface area contributed by atoms with Crippen molar-refractivity contribution in [1.82, 2.24) is 20.1 Å². The van der Waals surface area contributed by atoms with E-state index in [1.807, 2.05) is 32.0 Å². The smallest absolute Gasteiger partial charge is 0.255 e. The van der Waals surface area contributed by atoms with Crippen LogP contribution >= 0.6 is 27.5 Å². The van der Waals surface area contributed by atoms with Crippen LogP contribution in [0.4, 0.5) is 0 Å². The molecule has 0 bridgehead atoms. The molecule has 0 aliphatic carbocycles. The Kier molecular flexibility index (Phi) is 5.74. The number of carbonyl (C=O) groups is 1. The van der Waals surface area contributed by atoms with Gasteiger partial charge >= 0.3 is 0 Å². The Bertz CT molecular complexity index is 924. The van der Waals surface area contributed by atoms with Gasteiger partial charge < -0.3 is 5.32 Å². The van der Waals surface area contributed by atoms with E-state index >= 15 is 0 Å². The third kappa shape index (κ3) is 3.97. The average Bonchev–Trinajstić information content (AvgIpc) is 3.02. The molecule has 3 rings (SSSR count). The minimum absolute atomic E-state index is 0.120. The van der Waals surface area contributed by atoms with Crippen LogP contribution in [0.2, 0.25) is 5.02 Å². The van der Waals surface area contributed by atoms with Gasteiger partial charge in [0.1, 0.15) is 0 Å². The van der Waals surface area contributed by atoms with Crippen LogP contribution in [0.3, 0.4) is 0 Å². The second kappa shape index (κ2) is 8.01. The van der Waals surface area contributed by atoms with E-state index in [4.69, 9.17) is 11.6 Å². The fourth-order valence-electron chi connectivity index (χ4n) is 2.75. The van der Waals surface area contributed by atoms with E-state index in [0.29, 0.717) is 10.6 Å². The van der Waals surface area contributed by atoms with Crippen molar-refractivity contribution in [2.45, 2.75) is 26.3 Å². The van der Waals surface area contributed by atoms with Crippen LogP contribution in [0.1, 0.15) is 41.0 Å². The summed E-state index contributed by atoms with van der Waals surface area (Å²) in [6.45, 7) is 3.90. The lowest BCUT2D eigenvalue weighted by molar-refractivity contribution is 0.0935. The fourth-order valence-corrected chi connectivity index (χ4v) is 3.26. The molecule has 134 valence electrons. The zero-order valence-corrected chi connectivity index (χ0v) is 16.8. The first-order chi connectivity index (χ1) is 12.5. The summed E-state index contributed by atoms with van der Waals surface area (Å²) in [6, 6.07) is 9.17. The number of rotatable bonds is 5. The van der Waals surface area contributed by atoms with Crippen LogP contribution < -0.4 is 5.32 Å². The Labute approximate surface area is 165 Å². The molecule has 2 heterocycles. The molecule has 0 saturated heterocycles. The summed E-state index contributed by atoms with van der Waals surface area (Å²) in [4.78, 5) is 17.0. The minimum atomic E-state index is -0.158. The van der Waals surface area contributed by atoms with E-state index < -0.39 is 0 Å². The quantitative estimate of drug-likeness (QED) is 0.624. The van der Waals surface area contributed by atoms with Crippen molar-refractivity contribution in [3.05, 3.63) is 75.2 Å². The Morgan fingerprint density at radius 1 is 1.27 bits per heavy atom. The Morgan fingerprint density at radius 2 is 2.00 bits per heavy atom. The first-order valence-corrected chi connectivity index (χ1v) is 9.38. The van der Waals surface area contributed by atoms with Gasteiger partial charge in [-0.25, -0.2) is 4.68 Å². The van der Waals surface area contributed by atoms with Gasteiger partial charge in [-0.15, -0.1) is 0 Å². The first kappa shape index (κ1) is 18.6. The van der Waals surface area contributed by atoms with Crippen molar-refractivity contribution in [2.75, 3.05) is 0 Å². The number of nitrogens with zero attached hydrogens (tertiary/aromatic N) is 3. The number of pyridine rings is 1. The first-order valence-electron chi connectivity index (χ1n) is 8.21. The molecule has 2 aromatic heterocycles. The van der Waals surface area contributed by atoms with Gasteiger partial charge in [-0.3, -0.25) is 9.78 Å². The highest BCUT2D eigenvalue weighted by Gasteiger charge is 2.19. The van der Waals surface area contributed by atoms with Gasteiger partial charge in [0.2, 0.25) is 0 Å². The van der Waals surface area contributed by atoms with Crippen LogP contribution in [-0.2, 0) is 0 Å². The highest BCUT2D eigenvalue weighted by molar-refractivity contribution is 9.10. The van der Waals surface area contributed by atoms with E-state index in [2.05, 4.69) is 31.3 Å². The lowest BCUT2D eigenvalue weighted by Crippen LogP contribution is -2.28. The molecule has 1 N–H and O–H groups in total. The topological polar surface area (TPSA) is 59.8 Å². The average molecular weight is 434 g/mol. The summed E-state index contributed by atoms with van der Waals surface area (Å²) < 4.78 is 2.61. The molecule has 0 aliphatic heterocycles. The molecule has 0 spiro atoms. The van der Waals surface area contributed by atoms with Crippen LogP contribution in [0.15, 0.2) is 53.4 Å². The fraction of sp³-hybridized carbons (Fsp3) is 0.211. The number of amides is 1. The molecule has 26 heavy (non-hydrogen) atoms. The summed E-state index contributed by atoms with van der Waals surface area (Å²) in [5.74, 6) is -0.158. The zero-order chi connectivity index (χ0) is 18.7. The van der Waals surface area contributed by atoms with Gasteiger partial charge in [-0.1, -0.05) is 18.5 Å². The van der Waals surface area contributed by atoms with Crippen molar-refractivity contribution in [2.24, 2.45) is 0 Å². The SMILES string of the molecule is CC[C@H](NC(=O)c1cnn(-c2ccc(Cl)cc2)c1C)c1cncc(Br)c1. The Balaban J connectivity index is 1.83. The second-order valence-corrected chi connectivity index (χ2v) is 7.25. The van der Waals surface area contributed by atoms with Gasteiger partial charge in [-0.05, 0) is 65.2 Å². The summed E-state index contributed by atoms with van der Waals surface area (Å²) >= 11 is 9.35. The molecule has 1 aromatic carbocycles. The molecule has 0 saturated carbocycles. The number of benzene rings is 1. The van der Waals surface area contributed by atoms with Gasteiger partial charge in [0, 0.05) is 21.9 Å². The van der Waals surface area contributed by atoms with Gasteiger partial charge in [0.15, 0.2) is 0 Å². The summed E-state index contributed by atoms with van der Waals surface area (Å²) in [7, 11) is 0. The molecule has 7 heteroatoms. The molecule has 3 aromatic rings. The van der Waals surface area contributed by atoms with Crippen LogP contribution in [0.5, 0.6) is 0 Å². The monoisotopic (exact) mass is 432 g/mol. The molecule has 1 atom stereocenters. The Morgan fingerprint density at radius 3 is 2.65 bits per heavy atom. The normalized spacial score (nSPS) is 12.0. The van der Waals surface area contributed by atoms with Crippen molar-refractivity contribution >= 4 is 33.4 Å². The van der Waals surface area contributed by atoms with Gasteiger partial charge in [0.05, 0.1) is 29.2 Å². The lowest BCUT2D eigenvalue weighted by atomic mass is 10.1. The van der Waals surface area contributed by atoms with E-state index in [-0.39, 0.29) is 11.9 Å². The minimum Gasteiger partial charge on any atom is -0.345 e. The lowest BCUT2D eigenvalue weighted by Gasteiger charge is -2.17. The van der Waals surface area contributed by atoms with E-state index in [9.17, 15) is 4.79 Å². The summed E-state index contributed by atoms with van der Waals surface area (Å²) in [5, 5.41) is 8.07. The standard InChI is InChI=1S/C19H18BrClN4O/c1-3-18(13-8-14(20)10-22-9-13)24-19(26)17-11-23-25(12(17)2)16-6-4-15(21)5-7-16/h4-11,18H,3H2,1-2H3,(H,24,26)/t18-/m0/s1. The van der Waals surface area contributed by atoms with Crippen LogP contribution in [-0.4, -0.2) is 20.7 Å². The van der Waals surface area contributed by atoms with Crippen LogP contribution in [0.25, 0.3) is 5.69 Å². The molecule has 0 unspecified atom stereocenters. The number of aromatic nitrogens is 3. The molecule has 1 amide bonds. The van der Waals surface area contributed by atoms with E-state index in [1.165, 1.54) is 0 Å². The number of carbonyl (C=O) groups excluding carboxylic acids is 1. The second-order valence-electron chi connectivity index (χ2n) is 5.90. The van der Waals surface area contributed by atoms with Crippen LogP contribution in [0, 0.1) is 6.92 Å². The predicted octanol–water partition coefficient (Wildman–Crippen LogP) is 4.87. The molecule has 0 aliphatic rings. The van der Waals surface area contributed by atoms with Gasteiger partial charge in [0.25, 0.3) is 5.91 Å². The van der Waals surface area contributed by atoms with E-state index in [1.54, 1.807) is 35.4 Å². The zero-order valence-electron chi connectivity index (χ0n) is 14.4. The maximum absolute atomic E-state index is 12.8. The van der Waals surface area contributed by atoms with E-state index in [0.717, 1.165) is 27.8 Å². The third-order valence-electron chi connectivity index (χ3n) is 4.17. The summed E-state index contributed by atoms with van der Waals surface area (Å²) in [6.07, 6.45) is 5.83. The van der Waals surface area contributed by atoms with Crippen molar-refractivity contribution in [1.29, 1.82) is 0 Å². The highest BCUT2D eigenvalue weighted by atomic mass is 79.9. The number of halogens is 2. The number of hydrogen-bond acceptors (Lipinski definition) is 3. The van der Waals surface area contributed by atoms with Crippen molar-refractivity contribution in [3.8, 4) is 5.69 Å². The third-order valence-corrected chi connectivity index (χ3v) is 4.85. The molecular weight excluding hydrogens is 416 g/mol. The molecular formula is C19H18BrClN4O. The van der Waals surface area contributed by atoms with Gasteiger partial charge in [-0.2, -0.15) is 5.10 Å². The largest absolute Gasteiger partial charge is 0.345 e. The Hall–Kier alpha value is -2.18.